The molecule has 1 fully saturated rings. The fourth-order valence-electron chi connectivity index (χ4n) is 2.87. The van der Waals surface area contributed by atoms with Crippen LogP contribution < -0.4 is 0 Å². The summed E-state index contributed by atoms with van der Waals surface area (Å²) in [6, 6.07) is 6.16. The molecule has 0 aliphatic carbocycles. The number of hydrogen-bond acceptors (Lipinski definition) is 2. The number of piperazine rings is 1. The summed E-state index contributed by atoms with van der Waals surface area (Å²) >= 11 is 0. The average molecular weight is 316 g/mol. The van der Waals surface area contributed by atoms with Gasteiger partial charge in [-0.2, -0.15) is 0 Å². The third-order valence-electron chi connectivity index (χ3n) is 4.56. The maximum Gasteiger partial charge on any atom is 0.254 e. The molecule has 1 aromatic carbocycles. The molecule has 0 aromatic heterocycles. The van der Waals surface area contributed by atoms with E-state index in [1.165, 1.54) is 5.56 Å². The first kappa shape index (κ1) is 17.5. The van der Waals surface area contributed by atoms with Crippen LogP contribution in [0.1, 0.15) is 55.6 Å². The summed E-state index contributed by atoms with van der Waals surface area (Å²) in [4.78, 5) is 28.3. The Labute approximate surface area is 139 Å². The first-order valence-electron chi connectivity index (χ1n) is 8.42. The second kappa shape index (κ2) is 6.73. The highest BCUT2D eigenvalue weighted by atomic mass is 16.2. The monoisotopic (exact) mass is 316 g/mol. The quantitative estimate of drug-likeness (QED) is 0.841. The largest absolute Gasteiger partial charge is 0.339 e. The van der Waals surface area contributed by atoms with Gasteiger partial charge in [0, 0.05) is 38.2 Å². The highest BCUT2D eigenvalue weighted by Crippen LogP contribution is 2.25. The first-order valence-corrected chi connectivity index (χ1v) is 8.42. The molecule has 0 N–H and O–H groups in total. The van der Waals surface area contributed by atoms with Gasteiger partial charge in [-0.05, 0) is 29.5 Å². The molecule has 23 heavy (non-hydrogen) atoms. The molecule has 1 heterocycles. The Morgan fingerprint density at radius 2 is 1.61 bits per heavy atom. The van der Waals surface area contributed by atoms with Crippen molar-refractivity contribution in [2.75, 3.05) is 26.2 Å². The lowest BCUT2D eigenvalue weighted by Crippen LogP contribution is -2.50. The van der Waals surface area contributed by atoms with Crippen molar-refractivity contribution in [1.82, 2.24) is 9.80 Å². The van der Waals surface area contributed by atoms with E-state index < -0.39 is 0 Å². The van der Waals surface area contributed by atoms with E-state index >= 15 is 0 Å². The van der Waals surface area contributed by atoms with Gasteiger partial charge in [-0.15, -0.1) is 0 Å². The number of nitrogens with zero attached hydrogens (tertiary/aromatic N) is 2. The minimum Gasteiger partial charge on any atom is -0.339 e. The van der Waals surface area contributed by atoms with Crippen LogP contribution in [0.25, 0.3) is 0 Å². The van der Waals surface area contributed by atoms with E-state index in [1.54, 1.807) is 0 Å². The van der Waals surface area contributed by atoms with E-state index in [0.717, 1.165) is 11.1 Å². The summed E-state index contributed by atoms with van der Waals surface area (Å²) in [6.07, 6.45) is 0.528. The van der Waals surface area contributed by atoms with Crippen LogP contribution in [0.4, 0.5) is 0 Å². The Bertz CT molecular complexity index is 594. The molecule has 1 saturated heterocycles. The van der Waals surface area contributed by atoms with Crippen LogP contribution >= 0.6 is 0 Å². The molecule has 4 heteroatoms. The minimum atomic E-state index is 0.0228. The Balaban J connectivity index is 2.14. The molecular formula is C19H28N2O2. The third kappa shape index (κ3) is 3.92. The topological polar surface area (TPSA) is 40.6 Å². The van der Waals surface area contributed by atoms with Crippen LogP contribution in [0.5, 0.6) is 0 Å². The number of rotatable bonds is 2. The summed E-state index contributed by atoms with van der Waals surface area (Å²) in [7, 11) is 0. The van der Waals surface area contributed by atoms with Crippen LogP contribution in [0.2, 0.25) is 0 Å². The van der Waals surface area contributed by atoms with Crippen molar-refractivity contribution in [3.63, 3.8) is 0 Å². The van der Waals surface area contributed by atoms with Crippen molar-refractivity contribution in [3.8, 4) is 0 Å². The van der Waals surface area contributed by atoms with Gasteiger partial charge in [0.1, 0.15) is 0 Å². The number of benzene rings is 1. The zero-order valence-electron chi connectivity index (χ0n) is 15.0. The van der Waals surface area contributed by atoms with Gasteiger partial charge in [-0.25, -0.2) is 0 Å². The van der Waals surface area contributed by atoms with Gasteiger partial charge in [-0.1, -0.05) is 39.8 Å². The molecule has 1 aliphatic rings. The molecule has 2 amide bonds. The molecule has 0 unspecified atom stereocenters. The lowest BCUT2D eigenvalue weighted by molar-refractivity contribution is -0.132. The zero-order valence-corrected chi connectivity index (χ0v) is 15.0. The summed E-state index contributed by atoms with van der Waals surface area (Å²) in [5.41, 5.74) is 2.99. The Morgan fingerprint density at radius 3 is 2.13 bits per heavy atom. The van der Waals surface area contributed by atoms with Crippen LogP contribution in [0.15, 0.2) is 18.2 Å². The molecule has 4 nitrogen and oxygen atoms in total. The van der Waals surface area contributed by atoms with Gasteiger partial charge in [0.15, 0.2) is 0 Å². The van der Waals surface area contributed by atoms with Crippen molar-refractivity contribution >= 4 is 11.8 Å². The van der Waals surface area contributed by atoms with Crippen LogP contribution in [0.3, 0.4) is 0 Å². The summed E-state index contributed by atoms with van der Waals surface area (Å²) < 4.78 is 0. The van der Waals surface area contributed by atoms with Crippen LogP contribution in [-0.2, 0) is 10.2 Å². The smallest absolute Gasteiger partial charge is 0.254 e. The van der Waals surface area contributed by atoms with E-state index in [1.807, 2.05) is 35.8 Å². The van der Waals surface area contributed by atoms with E-state index in [9.17, 15) is 9.59 Å². The second-order valence-electron chi connectivity index (χ2n) is 7.31. The van der Waals surface area contributed by atoms with Gasteiger partial charge < -0.3 is 9.80 Å². The fourth-order valence-corrected chi connectivity index (χ4v) is 2.87. The number of hydrogen-bond donors (Lipinski definition) is 0. The number of amides is 2. The lowest BCUT2D eigenvalue weighted by atomic mass is 9.85. The molecule has 1 aliphatic heterocycles. The molecule has 0 bridgehead atoms. The fraction of sp³-hybridized carbons (Fsp3) is 0.579. The average Bonchev–Trinajstić information content (AvgIpc) is 2.53. The van der Waals surface area contributed by atoms with Crippen LogP contribution in [0, 0.1) is 6.92 Å². The number of carbonyl (C=O) groups excluding carboxylic acids is 2. The van der Waals surface area contributed by atoms with Crippen molar-refractivity contribution in [3.05, 3.63) is 34.9 Å². The van der Waals surface area contributed by atoms with E-state index in [2.05, 4.69) is 26.8 Å². The Morgan fingerprint density at radius 1 is 1.04 bits per heavy atom. The molecule has 1 aromatic rings. The molecular weight excluding hydrogens is 288 g/mol. The van der Waals surface area contributed by atoms with Crippen molar-refractivity contribution in [2.45, 2.75) is 46.5 Å². The third-order valence-corrected chi connectivity index (χ3v) is 4.56. The molecule has 2 rings (SSSR count). The standard InChI is InChI=1S/C19H28N2O2/c1-6-17(22)20-9-11-21(12-10-20)18(23)16-13-15(19(3,4)5)8-7-14(16)2/h7-8,13H,6,9-12H2,1-5H3. The summed E-state index contributed by atoms with van der Waals surface area (Å²) in [5, 5.41) is 0. The highest BCUT2D eigenvalue weighted by Gasteiger charge is 2.26. The van der Waals surface area contributed by atoms with Crippen molar-refractivity contribution in [2.24, 2.45) is 0 Å². The number of carbonyl (C=O) groups is 2. The minimum absolute atomic E-state index is 0.0228. The van der Waals surface area contributed by atoms with Gasteiger partial charge in [0.05, 0.1) is 0 Å². The van der Waals surface area contributed by atoms with Crippen molar-refractivity contribution < 1.29 is 9.59 Å². The predicted octanol–water partition coefficient (Wildman–Crippen LogP) is 2.99. The molecule has 0 radical (unpaired) electrons. The van der Waals surface area contributed by atoms with Gasteiger partial charge in [0.2, 0.25) is 5.91 Å². The number of aryl methyl sites for hydroxylation is 1. The maximum absolute atomic E-state index is 12.9. The Kier molecular flexibility index (Phi) is 5.12. The molecule has 0 spiro atoms. The molecule has 126 valence electrons. The summed E-state index contributed by atoms with van der Waals surface area (Å²) in [6.45, 7) is 12.8. The maximum atomic E-state index is 12.9. The van der Waals surface area contributed by atoms with Crippen LogP contribution in [-0.4, -0.2) is 47.8 Å². The predicted molar refractivity (Wildman–Crippen MR) is 92.7 cm³/mol. The highest BCUT2D eigenvalue weighted by molar-refractivity contribution is 5.96. The SMILES string of the molecule is CCC(=O)N1CCN(C(=O)c2cc(C(C)(C)C)ccc2C)CC1. The normalized spacial score (nSPS) is 15.7. The second-order valence-corrected chi connectivity index (χ2v) is 7.31. The zero-order chi connectivity index (χ0) is 17.2. The van der Waals surface area contributed by atoms with E-state index in [4.69, 9.17) is 0 Å². The lowest BCUT2D eigenvalue weighted by Gasteiger charge is -2.35. The van der Waals surface area contributed by atoms with Gasteiger partial charge in [0.25, 0.3) is 5.91 Å². The van der Waals surface area contributed by atoms with E-state index in [0.29, 0.717) is 32.6 Å². The summed E-state index contributed by atoms with van der Waals surface area (Å²) in [5.74, 6) is 0.250. The first-order chi connectivity index (χ1) is 10.7. The Hall–Kier alpha value is -1.84. The van der Waals surface area contributed by atoms with E-state index in [-0.39, 0.29) is 17.2 Å². The molecule has 0 atom stereocenters. The van der Waals surface area contributed by atoms with Gasteiger partial charge in [-0.3, -0.25) is 9.59 Å². The van der Waals surface area contributed by atoms with Crippen molar-refractivity contribution in [1.29, 1.82) is 0 Å². The molecule has 0 saturated carbocycles. The van der Waals surface area contributed by atoms with Gasteiger partial charge >= 0.3 is 0 Å².